The van der Waals surface area contributed by atoms with Crippen molar-refractivity contribution in [1.29, 1.82) is 0 Å². The number of aryl methyl sites for hydroxylation is 2. The van der Waals surface area contributed by atoms with Gasteiger partial charge in [0.15, 0.2) is 0 Å². The quantitative estimate of drug-likeness (QED) is 0.724. The molecule has 0 spiro atoms. The zero-order valence-electron chi connectivity index (χ0n) is 14.5. The number of hydrogen-bond acceptors (Lipinski definition) is 3. The molecule has 0 atom stereocenters. The third kappa shape index (κ3) is 3.61. The molecule has 0 fully saturated rings. The van der Waals surface area contributed by atoms with Crippen molar-refractivity contribution in [2.75, 3.05) is 11.3 Å². The van der Waals surface area contributed by atoms with Gasteiger partial charge in [0, 0.05) is 16.5 Å². The first-order valence-corrected chi connectivity index (χ1v) is 9.64. The van der Waals surface area contributed by atoms with E-state index in [4.69, 9.17) is 4.74 Å². The fraction of sp³-hybridized carbons (Fsp3) is 0.200. The Morgan fingerprint density at radius 1 is 0.920 bits per heavy atom. The van der Waals surface area contributed by atoms with Crippen LogP contribution in [0.15, 0.2) is 59.5 Å². The van der Waals surface area contributed by atoms with E-state index in [1.807, 2.05) is 57.2 Å². The number of hydrogen-bond donors (Lipinski definition) is 1. The van der Waals surface area contributed by atoms with Gasteiger partial charge in [0.1, 0.15) is 5.75 Å². The van der Waals surface area contributed by atoms with E-state index in [-0.39, 0.29) is 4.90 Å². The van der Waals surface area contributed by atoms with Gasteiger partial charge >= 0.3 is 0 Å². The molecule has 0 saturated carbocycles. The molecule has 0 aliphatic rings. The van der Waals surface area contributed by atoms with Gasteiger partial charge in [-0.15, -0.1) is 0 Å². The van der Waals surface area contributed by atoms with Gasteiger partial charge in [0.05, 0.1) is 11.5 Å². The Labute approximate surface area is 148 Å². The van der Waals surface area contributed by atoms with Crippen LogP contribution < -0.4 is 9.46 Å². The molecule has 0 radical (unpaired) electrons. The summed E-state index contributed by atoms with van der Waals surface area (Å²) < 4.78 is 34.2. The summed E-state index contributed by atoms with van der Waals surface area (Å²) in [4.78, 5) is 0.241. The van der Waals surface area contributed by atoms with E-state index in [1.54, 1.807) is 18.2 Å². The summed E-state index contributed by atoms with van der Waals surface area (Å²) in [6, 6.07) is 16.3. The minimum Gasteiger partial charge on any atom is -0.493 e. The molecular weight excluding hydrogens is 334 g/mol. The molecule has 3 aromatic carbocycles. The molecular formula is C20H21NO3S. The largest absolute Gasteiger partial charge is 0.493 e. The van der Waals surface area contributed by atoms with Crippen LogP contribution in [0.25, 0.3) is 10.8 Å². The standard InChI is InChI=1S/C20H21NO3S/c1-4-24-19-9-10-20(18-8-6-5-7-17(18)19)25(22,23)21-16-12-14(2)11-15(3)13-16/h5-13,21H,4H2,1-3H3. The molecule has 0 saturated heterocycles. The van der Waals surface area contributed by atoms with Crippen molar-refractivity contribution in [2.24, 2.45) is 0 Å². The highest BCUT2D eigenvalue weighted by molar-refractivity contribution is 7.93. The number of fused-ring (bicyclic) bond motifs is 1. The Bertz CT molecular complexity index is 1010. The second-order valence-corrected chi connectivity index (χ2v) is 7.67. The predicted octanol–water partition coefficient (Wildman–Crippen LogP) is 4.66. The third-order valence-corrected chi connectivity index (χ3v) is 5.35. The predicted molar refractivity (Wildman–Crippen MR) is 102 cm³/mol. The highest BCUT2D eigenvalue weighted by Crippen LogP contribution is 2.32. The molecule has 3 aromatic rings. The van der Waals surface area contributed by atoms with E-state index in [0.29, 0.717) is 23.4 Å². The van der Waals surface area contributed by atoms with Crippen LogP contribution in [-0.2, 0) is 10.0 Å². The van der Waals surface area contributed by atoms with Crippen LogP contribution in [0.1, 0.15) is 18.1 Å². The van der Waals surface area contributed by atoms with Gasteiger partial charge in [-0.25, -0.2) is 8.42 Å². The number of anilines is 1. The summed E-state index contributed by atoms with van der Waals surface area (Å²) in [6.07, 6.45) is 0. The Kier molecular flexibility index (Phi) is 4.68. The van der Waals surface area contributed by atoms with E-state index < -0.39 is 10.0 Å². The zero-order valence-corrected chi connectivity index (χ0v) is 15.4. The van der Waals surface area contributed by atoms with E-state index >= 15 is 0 Å². The number of sulfonamides is 1. The first-order valence-electron chi connectivity index (χ1n) is 8.16. The molecule has 0 amide bonds. The molecule has 0 heterocycles. The fourth-order valence-electron chi connectivity index (χ4n) is 3.00. The van der Waals surface area contributed by atoms with Crippen molar-refractivity contribution < 1.29 is 13.2 Å². The maximum absolute atomic E-state index is 13.0. The van der Waals surface area contributed by atoms with Crippen LogP contribution in [0.5, 0.6) is 5.75 Å². The Hall–Kier alpha value is -2.53. The van der Waals surface area contributed by atoms with Gasteiger partial charge in [-0.05, 0) is 56.2 Å². The number of nitrogens with one attached hydrogen (secondary N) is 1. The van der Waals surface area contributed by atoms with Crippen LogP contribution in [0.3, 0.4) is 0 Å². The molecule has 130 valence electrons. The average Bonchev–Trinajstić information content (AvgIpc) is 2.53. The smallest absolute Gasteiger partial charge is 0.262 e. The van der Waals surface area contributed by atoms with Crippen LogP contribution in [0.4, 0.5) is 5.69 Å². The molecule has 4 nitrogen and oxygen atoms in total. The summed E-state index contributed by atoms with van der Waals surface area (Å²) in [5, 5.41) is 1.43. The molecule has 0 bridgehead atoms. The summed E-state index contributed by atoms with van der Waals surface area (Å²) in [6.45, 7) is 6.31. The molecule has 0 unspecified atom stereocenters. The fourth-order valence-corrected chi connectivity index (χ4v) is 4.26. The molecule has 0 aliphatic carbocycles. The molecule has 5 heteroatoms. The molecule has 0 aromatic heterocycles. The third-order valence-electron chi connectivity index (χ3n) is 3.91. The summed E-state index contributed by atoms with van der Waals surface area (Å²) in [5.41, 5.74) is 2.58. The maximum Gasteiger partial charge on any atom is 0.262 e. The highest BCUT2D eigenvalue weighted by Gasteiger charge is 2.19. The Morgan fingerprint density at radius 2 is 1.56 bits per heavy atom. The Balaban J connectivity index is 2.10. The van der Waals surface area contributed by atoms with Crippen molar-refractivity contribution in [1.82, 2.24) is 0 Å². The summed E-state index contributed by atoms with van der Waals surface area (Å²) >= 11 is 0. The molecule has 25 heavy (non-hydrogen) atoms. The summed E-state index contributed by atoms with van der Waals surface area (Å²) in [7, 11) is -3.71. The minimum atomic E-state index is -3.71. The minimum absolute atomic E-state index is 0.241. The second-order valence-electron chi connectivity index (χ2n) is 6.02. The van der Waals surface area contributed by atoms with Gasteiger partial charge in [-0.3, -0.25) is 4.72 Å². The van der Waals surface area contributed by atoms with Crippen LogP contribution >= 0.6 is 0 Å². The molecule has 1 N–H and O–H groups in total. The van der Waals surface area contributed by atoms with Crippen molar-refractivity contribution in [2.45, 2.75) is 25.7 Å². The van der Waals surface area contributed by atoms with Gasteiger partial charge in [0.2, 0.25) is 0 Å². The van der Waals surface area contributed by atoms with E-state index in [1.165, 1.54) is 0 Å². The zero-order chi connectivity index (χ0) is 18.0. The van der Waals surface area contributed by atoms with Crippen molar-refractivity contribution >= 4 is 26.5 Å². The lowest BCUT2D eigenvalue weighted by molar-refractivity contribution is 0.344. The Morgan fingerprint density at radius 3 is 2.20 bits per heavy atom. The van der Waals surface area contributed by atoms with Crippen LogP contribution in [0, 0.1) is 13.8 Å². The summed E-state index contributed by atoms with van der Waals surface area (Å²) in [5.74, 6) is 0.684. The second kappa shape index (κ2) is 6.76. The van der Waals surface area contributed by atoms with Crippen molar-refractivity contribution in [3.05, 3.63) is 65.7 Å². The van der Waals surface area contributed by atoms with E-state index in [9.17, 15) is 8.42 Å². The van der Waals surface area contributed by atoms with E-state index in [2.05, 4.69) is 4.72 Å². The average molecular weight is 355 g/mol. The van der Waals surface area contributed by atoms with Crippen molar-refractivity contribution in [3.8, 4) is 5.75 Å². The highest BCUT2D eigenvalue weighted by atomic mass is 32.2. The number of ether oxygens (including phenoxy) is 1. The lowest BCUT2D eigenvalue weighted by atomic mass is 10.1. The van der Waals surface area contributed by atoms with Crippen LogP contribution in [-0.4, -0.2) is 15.0 Å². The van der Waals surface area contributed by atoms with Crippen molar-refractivity contribution in [3.63, 3.8) is 0 Å². The number of rotatable bonds is 5. The number of benzene rings is 3. The first-order chi connectivity index (χ1) is 11.9. The van der Waals surface area contributed by atoms with Gasteiger partial charge in [-0.1, -0.05) is 30.3 Å². The van der Waals surface area contributed by atoms with Gasteiger partial charge in [0.25, 0.3) is 10.0 Å². The first kappa shape index (κ1) is 17.3. The van der Waals surface area contributed by atoms with Gasteiger partial charge < -0.3 is 4.74 Å². The van der Waals surface area contributed by atoms with Crippen LogP contribution in [0.2, 0.25) is 0 Å². The lowest BCUT2D eigenvalue weighted by Crippen LogP contribution is -2.14. The topological polar surface area (TPSA) is 55.4 Å². The normalized spacial score (nSPS) is 11.5. The monoisotopic (exact) mass is 355 g/mol. The maximum atomic E-state index is 13.0. The molecule has 0 aliphatic heterocycles. The molecule has 3 rings (SSSR count). The van der Waals surface area contributed by atoms with E-state index in [0.717, 1.165) is 16.5 Å². The SMILES string of the molecule is CCOc1ccc(S(=O)(=O)Nc2cc(C)cc(C)c2)c2ccccc12. The lowest BCUT2D eigenvalue weighted by Gasteiger charge is -2.14. The van der Waals surface area contributed by atoms with Gasteiger partial charge in [-0.2, -0.15) is 0 Å².